The van der Waals surface area contributed by atoms with Crippen molar-refractivity contribution in [3.05, 3.63) is 35.9 Å². The number of sulfonamides is 1. The van der Waals surface area contributed by atoms with Gasteiger partial charge in [-0.2, -0.15) is 4.31 Å². The number of nitrogens with one attached hydrogen (secondary N) is 1. The molecule has 1 unspecified atom stereocenters. The lowest BCUT2D eigenvalue weighted by molar-refractivity contribution is -0.117. The molecular weight excluding hydrogens is 344 g/mol. The third kappa shape index (κ3) is 5.37. The number of hydrogen-bond donors (Lipinski definition) is 2. The van der Waals surface area contributed by atoms with Crippen molar-refractivity contribution in [3.8, 4) is 0 Å². The zero-order valence-corrected chi connectivity index (χ0v) is 15.0. The Kier molecular flexibility index (Phi) is 7.12. The quantitative estimate of drug-likeness (QED) is 0.688. The molecule has 1 aliphatic rings. The van der Waals surface area contributed by atoms with Gasteiger partial charge in [-0.1, -0.05) is 19.1 Å². The van der Waals surface area contributed by atoms with Crippen LogP contribution in [0.25, 0.3) is 6.08 Å². The highest BCUT2D eigenvalue weighted by Crippen LogP contribution is 2.18. The van der Waals surface area contributed by atoms with Crippen molar-refractivity contribution in [2.75, 3.05) is 32.9 Å². The molecule has 2 N–H and O–H groups in total. The summed E-state index contributed by atoms with van der Waals surface area (Å²) >= 11 is 0. The van der Waals surface area contributed by atoms with Crippen LogP contribution < -0.4 is 5.32 Å². The zero-order chi connectivity index (χ0) is 18.3. The van der Waals surface area contributed by atoms with Crippen LogP contribution in [0.15, 0.2) is 35.2 Å². The molecule has 0 spiro atoms. The van der Waals surface area contributed by atoms with E-state index < -0.39 is 10.0 Å². The maximum absolute atomic E-state index is 12.5. The third-order valence-electron chi connectivity index (χ3n) is 3.97. The molecule has 0 aliphatic carbocycles. The number of benzene rings is 1. The van der Waals surface area contributed by atoms with Gasteiger partial charge in [0.25, 0.3) is 0 Å². The van der Waals surface area contributed by atoms with Gasteiger partial charge in [-0.05, 0) is 30.2 Å². The molecule has 0 saturated carbocycles. The summed E-state index contributed by atoms with van der Waals surface area (Å²) in [5.74, 6) is -0.300. The van der Waals surface area contributed by atoms with Gasteiger partial charge in [-0.15, -0.1) is 0 Å². The lowest BCUT2D eigenvalue weighted by Crippen LogP contribution is -2.40. The second kappa shape index (κ2) is 9.10. The van der Waals surface area contributed by atoms with E-state index in [1.54, 1.807) is 18.2 Å². The fourth-order valence-electron chi connectivity index (χ4n) is 2.38. The van der Waals surface area contributed by atoms with Crippen LogP contribution in [0.4, 0.5) is 0 Å². The summed E-state index contributed by atoms with van der Waals surface area (Å²) in [4.78, 5) is 12.0. The predicted molar refractivity (Wildman–Crippen MR) is 94.4 cm³/mol. The van der Waals surface area contributed by atoms with E-state index in [9.17, 15) is 13.2 Å². The number of rotatable bonds is 7. The highest BCUT2D eigenvalue weighted by molar-refractivity contribution is 7.89. The van der Waals surface area contributed by atoms with Gasteiger partial charge < -0.3 is 15.2 Å². The smallest absolute Gasteiger partial charge is 0.244 e. The van der Waals surface area contributed by atoms with Crippen LogP contribution in [-0.2, 0) is 19.6 Å². The molecule has 1 atom stereocenters. The van der Waals surface area contributed by atoms with Crippen LogP contribution in [0.3, 0.4) is 0 Å². The summed E-state index contributed by atoms with van der Waals surface area (Å²) in [6.07, 6.45) is 3.61. The number of carbonyl (C=O) groups is 1. The highest BCUT2D eigenvalue weighted by atomic mass is 32.2. The van der Waals surface area contributed by atoms with Gasteiger partial charge in [-0.3, -0.25) is 4.79 Å². The first-order valence-corrected chi connectivity index (χ1v) is 9.68. The predicted octanol–water partition coefficient (Wildman–Crippen LogP) is 0.608. The molecule has 25 heavy (non-hydrogen) atoms. The molecule has 1 heterocycles. The molecule has 7 nitrogen and oxygen atoms in total. The zero-order valence-electron chi connectivity index (χ0n) is 14.2. The first-order chi connectivity index (χ1) is 12.0. The van der Waals surface area contributed by atoms with E-state index in [2.05, 4.69) is 5.32 Å². The Bertz CT molecular complexity index is 690. The number of aliphatic hydroxyl groups excluding tert-OH is 1. The Hall–Kier alpha value is -1.74. The van der Waals surface area contributed by atoms with Crippen LogP contribution in [0, 0.1) is 0 Å². The molecule has 1 aromatic carbocycles. The summed E-state index contributed by atoms with van der Waals surface area (Å²) in [6, 6.07) is 6.11. The van der Waals surface area contributed by atoms with Crippen molar-refractivity contribution >= 4 is 22.0 Å². The van der Waals surface area contributed by atoms with E-state index in [0.29, 0.717) is 38.3 Å². The molecule has 138 valence electrons. The number of nitrogens with zero attached hydrogens (tertiary/aromatic N) is 1. The SMILES string of the molecule is CCC(CO)NC(=O)/C=C/c1ccc(S(=O)(=O)N2CCOCC2)cc1. The summed E-state index contributed by atoms with van der Waals surface area (Å²) in [5.41, 5.74) is 0.716. The standard InChI is InChI=1S/C17H24N2O5S/c1-2-15(13-20)18-17(21)8-5-14-3-6-16(7-4-14)25(22,23)19-9-11-24-12-10-19/h3-8,15,20H,2,9-13H2,1H3,(H,18,21)/b8-5+. The number of ether oxygens (including phenoxy) is 1. The van der Waals surface area contributed by atoms with Crippen molar-refractivity contribution in [2.24, 2.45) is 0 Å². The molecule has 1 aliphatic heterocycles. The van der Waals surface area contributed by atoms with Crippen molar-refractivity contribution in [1.82, 2.24) is 9.62 Å². The van der Waals surface area contributed by atoms with Gasteiger partial charge >= 0.3 is 0 Å². The average molecular weight is 368 g/mol. The number of amides is 1. The molecule has 1 saturated heterocycles. The van der Waals surface area contributed by atoms with Gasteiger partial charge in [0, 0.05) is 19.2 Å². The van der Waals surface area contributed by atoms with E-state index in [1.807, 2.05) is 6.92 Å². The van der Waals surface area contributed by atoms with E-state index in [-0.39, 0.29) is 23.5 Å². The van der Waals surface area contributed by atoms with E-state index >= 15 is 0 Å². The van der Waals surface area contributed by atoms with Crippen LogP contribution >= 0.6 is 0 Å². The number of hydrogen-bond acceptors (Lipinski definition) is 5. The molecule has 1 aromatic rings. The average Bonchev–Trinajstić information content (AvgIpc) is 2.65. The highest BCUT2D eigenvalue weighted by Gasteiger charge is 2.25. The molecule has 1 amide bonds. The van der Waals surface area contributed by atoms with E-state index in [0.717, 1.165) is 0 Å². The minimum atomic E-state index is -3.51. The van der Waals surface area contributed by atoms with Crippen LogP contribution in [0.5, 0.6) is 0 Å². The Balaban J connectivity index is 2.02. The second-order valence-electron chi connectivity index (χ2n) is 5.72. The molecule has 0 aromatic heterocycles. The molecule has 0 radical (unpaired) electrons. The molecular formula is C17H24N2O5S. The van der Waals surface area contributed by atoms with Gasteiger partial charge in [0.05, 0.1) is 30.8 Å². The van der Waals surface area contributed by atoms with Crippen molar-refractivity contribution in [1.29, 1.82) is 0 Å². The second-order valence-corrected chi connectivity index (χ2v) is 7.65. The lowest BCUT2D eigenvalue weighted by Gasteiger charge is -2.26. The van der Waals surface area contributed by atoms with Crippen molar-refractivity contribution in [3.63, 3.8) is 0 Å². The first kappa shape index (κ1) is 19.6. The topological polar surface area (TPSA) is 95.9 Å². The Morgan fingerprint density at radius 1 is 1.32 bits per heavy atom. The maximum atomic E-state index is 12.5. The van der Waals surface area contributed by atoms with Crippen LogP contribution in [-0.4, -0.2) is 62.7 Å². The van der Waals surface area contributed by atoms with Gasteiger partial charge in [0.2, 0.25) is 15.9 Å². The molecule has 0 bridgehead atoms. The largest absolute Gasteiger partial charge is 0.394 e. The normalized spacial score (nSPS) is 17.5. The molecule has 8 heteroatoms. The number of aliphatic hydroxyl groups is 1. The third-order valence-corrected chi connectivity index (χ3v) is 5.89. The monoisotopic (exact) mass is 368 g/mol. The fourth-order valence-corrected chi connectivity index (χ4v) is 3.79. The summed E-state index contributed by atoms with van der Waals surface area (Å²) in [5, 5.41) is 11.7. The van der Waals surface area contributed by atoms with Crippen molar-refractivity contribution in [2.45, 2.75) is 24.3 Å². The fraction of sp³-hybridized carbons (Fsp3) is 0.471. The van der Waals surface area contributed by atoms with Crippen LogP contribution in [0.2, 0.25) is 0 Å². The number of morpholine rings is 1. The maximum Gasteiger partial charge on any atom is 0.244 e. The Morgan fingerprint density at radius 2 is 1.96 bits per heavy atom. The van der Waals surface area contributed by atoms with Crippen LogP contribution in [0.1, 0.15) is 18.9 Å². The summed E-state index contributed by atoms with van der Waals surface area (Å²) in [6.45, 7) is 3.29. The first-order valence-electron chi connectivity index (χ1n) is 8.24. The Morgan fingerprint density at radius 3 is 2.52 bits per heavy atom. The Labute approximate surface area is 148 Å². The minimum absolute atomic E-state index is 0.107. The molecule has 2 rings (SSSR count). The van der Waals surface area contributed by atoms with E-state index in [1.165, 1.54) is 22.5 Å². The van der Waals surface area contributed by atoms with Gasteiger partial charge in [0.1, 0.15) is 0 Å². The molecule has 1 fully saturated rings. The minimum Gasteiger partial charge on any atom is -0.394 e. The van der Waals surface area contributed by atoms with E-state index in [4.69, 9.17) is 9.84 Å². The number of carbonyl (C=O) groups excluding carboxylic acids is 1. The lowest BCUT2D eigenvalue weighted by atomic mass is 10.2. The van der Waals surface area contributed by atoms with Crippen molar-refractivity contribution < 1.29 is 23.1 Å². The van der Waals surface area contributed by atoms with Gasteiger partial charge in [0.15, 0.2) is 0 Å². The summed E-state index contributed by atoms with van der Waals surface area (Å²) < 4.78 is 31.6. The summed E-state index contributed by atoms with van der Waals surface area (Å²) in [7, 11) is -3.51. The van der Waals surface area contributed by atoms with Gasteiger partial charge in [-0.25, -0.2) is 8.42 Å².